The van der Waals surface area contributed by atoms with Gasteiger partial charge in [0, 0.05) is 23.5 Å². The number of methoxy groups -OCH3 is 1. The van der Waals surface area contributed by atoms with Crippen LogP contribution in [0.3, 0.4) is 0 Å². The summed E-state index contributed by atoms with van der Waals surface area (Å²) in [7, 11) is 1.59. The molecule has 0 saturated carbocycles. The van der Waals surface area contributed by atoms with Crippen molar-refractivity contribution >= 4 is 11.6 Å². The van der Waals surface area contributed by atoms with Crippen molar-refractivity contribution in [2.24, 2.45) is 0 Å². The number of carbonyl (C=O) groups excluding carboxylic acids is 2. The predicted molar refractivity (Wildman–Crippen MR) is 93.5 cm³/mol. The third kappa shape index (κ3) is 2.36. The Morgan fingerprint density at radius 2 is 2.08 bits per heavy atom. The Morgan fingerprint density at radius 1 is 1.28 bits per heavy atom. The normalized spacial score (nSPS) is 23.8. The van der Waals surface area contributed by atoms with E-state index in [1.165, 1.54) is 0 Å². The first-order valence-corrected chi connectivity index (χ1v) is 8.54. The highest BCUT2D eigenvalue weighted by Crippen LogP contribution is 2.52. The highest BCUT2D eigenvalue weighted by Gasteiger charge is 2.55. The molecule has 0 N–H and O–H groups in total. The van der Waals surface area contributed by atoms with E-state index in [-0.39, 0.29) is 17.5 Å². The number of para-hydroxylation sites is 1. The van der Waals surface area contributed by atoms with Crippen LogP contribution in [0.2, 0.25) is 0 Å². The standard InChI is InChI=1S/C21H20O4/c1-13(22)11-18-16-5-3-4-6-19(16)25-21(18)10-9-14-7-8-15(24-2)12-17(14)20(21)23/h3-8,12,18H,9-11H2,1-2H3. The second-order valence-corrected chi connectivity index (χ2v) is 6.84. The maximum Gasteiger partial charge on any atom is 0.207 e. The van der Waals surface area contributed by atoms with Crippen molar-refractivity contribution in [1.82, 2.24) is 0 Å². The third-order valence-corrected chi connectivity index (χ3v) is 5.35. The fraction of sp³-hybridized carbons (Fsp3) is 0.333. The molecule has 128 valence electrons. The second-order valence-electron chi connectivity index (χ2n) is 6.84. The van der Waals surface area contributed by atoms with E-state index < -0.39 is 5.60 Å². The van der Waals surface area contributed by atoms with Crippen molar-refractivity contribution in [3.63, 3.8) is 0 Å². The molecule has 2 unspecified atom stereocenters. The van der Waals surface area contributed by atoms with Gasteiger partial charge in [-0.2, -0.15) is 0 Å². The zero-order valence-electron chi connectivity index (χ0n) is 14.4. The van der Waals surface area contributed by atoms with Crippen LogP contribution in [0, 0.1) is 0 Å². The highest BCUT2D eigenvalue weighted by molar-refractivity contribution is 6.07. The van der Waals surface area contributed by atoms with Crippen LogP contribution >= 0.6 is 0 Å². The van der Waals surface area contributed by atoms with Crippen molar-refractivity contribution in [3.8, 4) is 11.5 Å². The van der Waals surface area contributed by atoms with Crippen molar-refractivity contribution in [2.75, 3.05) is 7.11 Å². The lowest BCUT2D eigenvalue weighted by molar-refractivity contribution is -0.118. The van der Waals surface area contributed by atoms with Gasteiger partial charge in [-0.3, -0.25) is 4.79 Å². The Morgan fingerprint density at radius 3 is 2.84 bits per heavy atom. The molecular weight excluding hydrogens is 316 g/mol. The van der Waals surface area contributed by atoms with Crippen LogP contribution in [0.15, 0.2) is 42.5 Å². The summed E-state index contributed by atoms with van der Waals surface area (Å²) >= 11 is 0. The molecule has 2 aromatic rings. The van der Waals surface area contributed by atoms with Crippen LogP contribution in [0.25, 0.3) is 0 Å². The Hall–Kier alpha value is -2.62. The number of aryl methyl sites for hydroxylation is 1. The number of Topliss-reactive ketones (excluding diaryl/α,β-unsaturated/α-hetero) is 2. The molecule has 0 fully saturated rings. The molecular formula is C21H20O4. The molecule has 0 bridgehead atoms. The zero-order valence-corrected chi connectivity index (χ0v) is 14.4. The number of rotatable bonds is 3. The molecule has 1 aliphatic heterocycles. The summed E-state index contributed by atoms with van der Waals surface area (Å²) in [6.07, 6.45) is 1.63. The summed E-state index contributed by atoms with van der Waals surface area (Å²) in [5, 5.41) is 0. The fourth-order valence-electron chi connectivity index (χ4n) is 4.15. The summed E-state index contributed by atoms with van der Waals surface area (Å²) in [6.45, 7) is 1.57. The second kappa shape index (κ2) is 5.73. The first-order valence-electron chi connectivity index (χ1n) is 8.54. The predicted octanol–water partition coefficient (Wildman–Crippen LogP) is 3.72. The number of hydrogen-bond donors (Lipinski definition) is 0. The number of ether oxygens (including phenoxy) is 2. The molecule has 0 saturated heterocycles. The minimum absolute atomic E-state index is 0.0462. The van der Waals surface area contributed by atoms with E-state index in [0.29, 0.717) is 29.9 Å². The van der Waals surface area contributed by atoms with Crippen LogP contribution in [-0.2, 0) is 11.2 Å². The molecule has 0 radical (unpaired) electrons. The number of benzene rings is 2. The lowest BCUT2D eigenvalue weighted by Gasteiger charge is -2.37. The van der Waals surface area contributed by atoms with Crippen molar-refractivity contribution in [1.29, 1.82) is 0 Å². The van der Waals surface area contributed by atoms with E-state index in [1.807, 2.05) is 36.4 Å². The van der Waals surface area contributed by atoms with Gasteiger partial charge in [0.25, 0.3) is 0 Å². The van der Waals surface area contributed by atoms with E-state index in [0.717, 1.165) is 17.5 Å². The molecule has 1 aliphatic carbocycles. The smallest absolute Gasteiger partial charge is 0.207 e. The zero-order chi connectivity index (χ0) is 17.6. The SMILES string of the molecule is COc1ccc2c(c1)C(=O)C1(CC2)Oc2ccccc2C1CC(C)=O. The largest absolute Gasteiger partial charge is 0.497 e. The van der Waals surface area contributed by atoms with Crippen molar-refractivity contribution < 1.29 is 19.1 Å². The van der Waals surface area contributed by atoms with Gasteiger partial charge in [-0.25, -0.2) is 0 Å². The van der Waals surface area contributed by atoms with Gasteiger partial charge in [0.05, 0.1) is 7.11 Å². The molecule has 0 aromatic heterocycles. The van der Waals surface area contributed by atoms with Crippen LogP contribution in [0.5, 0.6) is 11.5 Å². The van der Waals surface area contributed by atoms with E-state index in [2.05, 4.69) is 0 Å². The highest BCUT2D eigenvalue weighted by atomic mass is 16.5. The van der Waals surface area contributed by atoms with Crippen molar-refractivity contribution in [2.45, 2.75) is 37.7 Å². The molecule has 25 heavy (non-hydrogen) atoms. The molecule has 4 nitrogen and oxygen atoms in total. The molecule has 0 amide bonds. The average molecular weight is 336 g/mol. The van der Waals surface area contributed by atoms with Gasteiger partial charge < -0.3 is 14.3 Å². The van der Waals surface area contributed by atoms with E-state index in [4.69, 9.17) is 9.47 Å². The van der Waals surface area contributed by atoms with Gasteiger partial charge in [0.2, 0.25) is 5.78 Å². The molecule has 4 heteroatoms. The van der Waals surface area contributed by atoms with Gasteiger partial charge >= 0.3 is 0 Å². The average Bonchev–Trinajstić information content (AvgIpc) is 2.92. The van der Waals surface area contributed by atoms with Gasteiger partial charge in [0.15, 0.2) is 5.60 Å². The van der Waals surface area contributed by atoms with Crippen LogP contribution in [0.4, 0.5) is 0 Å². The number of ketones is 2. The fourth-order valence-corrected chi connectivity index (χ4v) is 4.15. The first kappa shape index (κ1) is 15.9. The molecule has 2 aromatic carbocycles. The molecule has 2 aliphatic rings. The number of hydrogen-bond acceptors (Lipinski definition) is 4. The van der Waals surface area contributed by atoms with Crippen LogP contribution in [0.1, 0.15) is 47.2 Å². The lowest BCUT2D eigenvalue weighted by Crippen LogP contribution is -2.50. The van der Waals surface area contributed by atoms with E-state index in [9.17, 15) is 9.59 Å². The first-order chi connectivity index (χ1) is 12.0. The number of carbonyl (C=O) groups is 2. The maximum atomic E-state index is 13.5. The summed E-state index contributed by atoms with van der Waals surface area (Å²) < 4.78 is 11.5. The molecule has 4 rings (SSSR count). The summed E-state index contributed by atoms with van der Waals surface area (Å²) in [4.78, 5) is 25.4. The quantitative estimate of drug-likeness (QED) is 0.857. The maximum absolute atomic E-state index is 13.5. The molecule has 1 spiro atoms. The minimum Gasteiger partial charge on any atom is -0.497 e. The number of fused-ring (bicyclic) bond motifs is 2. The van der Waals surface area contributed by atoms with Gasteiger partial charge in [-0.05, 0) is 43.5 Å². The lowest BCUT2D eigenvalue weighted by atomic mass is 9.69. The Kier molecular flexibility index (Phi) is 3.64. The Bertz CT molecular complexity index is 870. The topological polar surface area (TPSA) is 52.6 Å². The summed E-state index contributed by atoms with van der Waals surface area (Å²) in [5.41, 5.74) is 1.62. The molecule has 2 atom stereocenters. The van der Waals surface area contributed by atoms with E-state index >= 15 is 0 Å². The monoisotopic (exact) mass is 336 g/mol. The van der Waals surface area contributed by atoms with Crippen LogP contribution < -0.4 is 9.47 Å². The summed E-state index contributed by atoms with van der Waals surface area (Å²) in [5.74, 6) is 1.15. The van der Waals surface area contributed by atoms with E-state index in [1.54, 1.807) is 20.1 Å². The minimum atomic E-state index is -0.991. The molecule has 1 heterocycles. The third-order valence-electron chi connectivity index (χ3n) is 5.35. The Balaban J connectivity index is 1.83. The summed E-state index contributed by atoms with van der Waals surface area (Å²) in [6, 6.07) is 13.3. The van der Waals surface area contributed by atoms with Gasteiger partial charge in [-0.1, -0.05) is 24.3 Å². The van der Waals surface area contributed by atoms with Gasteiger partial charge in [0.1, 0.15) is 17.3 Å². The van der Waals surface area contributed by atoms with Gasteiger partial charge in [-0.15, -0.1) is 0 Å². The Labute approximate surface area is 146 Å². The van der Waals surface area contributed by atoms with Crippen molar-refractivity contribution in [3.05, 3.63) is 59.2 Å². The van der Waals surface area contributed by atoms with Crippen LogP contribution in [-0.4, -0.2) is 24.3 Å².